The Labute approximate surface area is 115 Å². The lowest BCUT2D eigenvalue weighted by Crippen LogP contribution is -2.08. The molecular weight excluding hydrogens is 220 g/mol. The molecule has 0 rings (SSSR count). The van der Waals surface area contributed by atoms with Crippen molar-refractivity contribution in [3.63, 3.8) is 0 Å². The molecule has 0 aromatic heterocycles. The second kappa shape index (κ2) is 14.8. The number of hydrogen-bond donors (Lipinski definition) is 0. The van der Waals surface area contributed by atoms with Crippen LogP contribution in [0.25, 0.3) is 0 Å². The van der Waals surface area contributed by atoms with Gasteiger partial charge in [-0.05, 0) is 39.0 Å². The van der Waals surface area contributed by atoms with Gasteiger partial charge in [0.2, 0.25) is 0 Å². The fourth-order valence-electron chi connectivity index (χ4n) is 1.94. The molecule has 1 nitrogen and oxygen atoms in total. The van der Waals surface area contributed by atoms with Crippen molar-refractivity contribution in [2.75, 3.05) is 6.61 Å². The number of hydrogen-bond acceptors (Lipinski definition) is 1. The number of ether oxygens (including phenoxy) is 1. The predicted octanol–water partition coefficient (Wildman–Crippen LogP) is 5.89. The molecule has 0 aromatic carbocycles. The van der Waals surface area contributed by atoms with Gasteiger partial charge in [-0.2, -0.15) is 0 Å². The summed E-state index contributed by atoms with van der Waals surface area (Å²) >= 11 is 0. The summed E-state index contributed by atoms with van der Waals surface area (Å²) in [5.74, 6) is 0. The molecule has 0 saturated heterocycles. The summed E-state index contributed by atoms with van der Waals surface area (Å²) in [4.78, 5) is 0. The van der Waals surface area contributed by atoms with Crippen LogP contribution in [-0.2, 0) is 4.74 Å². The molecular formula is C17H34O. The molecule has 0 aliphatic heterocycles. The van der Waals surface area contributed by atoms with Gasteiger partial charge >= 0.3 is 0 Å². The van der Waals surface area contributed by atoms with Crippen LogP contribution in [0.5, 0.6) is 0 Å². The molecule has 18 heavy (non-hydrogen) atoms. The number of rotatable bonds is 13. The monoisotopic (exact) mass is 254 g/mol. The van der Waals surface area contributed by atoms with E-state index in [2.05, 4.69) is 32.9 Å². The summed E-state index contributed by atoms with van der Waals surface area (Å²) < 4.78 is 5.74. The van der Waals surface area contributed by atoms with Crippen molar-refractivity contribution in [1.29, 1.82) is 0 Å². The van der Waals surface area contributed by atoms with Crippen molar-refractivity contribution in [1.82, 2.24) is 0 Å². The summed E-state index contributed by atoms with van der Waals surface area (Å²) in [5.41, 5.74) is 0. The zero-order valence-electron chi connectivity index (χ0n) is 12.9. The van der Waals surface area contributed by atoms with Gasteiger partial charge in [0.1, 0.15) is 0 Å². The predicted molar refractivity (Wildman–Crippen MR) is 82.1 cm³/mol. The van der Waals surface area contributed by atoms with E-state index in [1.165, 1.54) is 64.2 Å². The Morgan fingerprint density at radius 2 is 1.50 bits per heavy atom. The minimum Gasteiger partial charge on any atom is -0.379 e. The first kappa shape index (κ1) is 17.7. The first-order valence-electron chi connectivity index (χ1n) is 8.07. The Bertz CT molecular complexity index is 174. The van der Waals surface area contributed by atoms with Gasteiger partial charge in [0.15, 0.2) is 0 Å². The van der Waals surface area contributed by atoms with Gasteiger partial charge in [0.25, 0.3) is 0 Å². The van der Waals surface area contributed by atoms with Crippen LogP contribution >= 0.6 is 0 Å². The van der Waals surface area contributed by atoms with Crippen molar-refractivity contribution in [2.45, 2.75) is 91.1 Å². The highest BCUT2D eigenvalue weighted by molar-refractivity contribution is 4.81. The third-order valence-electron chi connectivity index (χ3n) is 3.27. The highest BCUT2D eigenvalue weighted by Gasteiger charge is 2.00. The van der Waals surface area contributed by atoms with Gasteiger partial charge in [0.05, 0.1) is 6.10 Å². The summed E-state index contributed by atoms with van der Waals surface area (Å²) in [6, 6.07) is 0. The van der Waals surface area contributed by atoms with E-state index in [4.69, 9.17) is 4.74 Å². The van der Waals surface area contributed by atoms with E-state index in [1.807, 2.05) is 0 Å². The van der Waals surface area contributed by atoms with Gasteiger partial charge in [-0.3, -0.25) is 0 Å². The van der Waals surface area contributed by atoms with E-state index in [1.54, 1.807) is 0 Å². The van der Waals surface area contributed by atoms with Gasteiger partial charge in [0, 0.05) is 6.61 Å². The highest BCUT2D eigenvalue weighted by Crippen LogP contribution is 2.09. The molecule has 0 N–H and O–H groups in total. The molecule has 0 heterocycles. The van der Waals surface area contributed by atoms with Crippen molar-refractivity contribution in [3.8, 4) is 0 Å². The van der Waals surface area contributed by atoms with Crippen LogP contribution in [0.2, 0.25) is 0 Å². The zero-order chi connectivity index (χ0) is 13.5. The van der Waals surface area contributed by atoms with Crippen molar-refractivity contribution in [3.05, 3.63) is 12.2 Å². The van der Waals surface area contributed by atoms with E-state index >= 15 is 0 Å². The minimum atomic E-state index is 0.455. The van der Waals surface area contributed by atoms with Crippen LogP contribution in [0, 0.1) is 0 Å². The average molecular weight is 254 g/mol. The topological polar surface area (TPSA) is 9.23 Å². The third-order valence-corrected chi connectivity index (χ3v) is 3.27. The molecule has 0 aliphatic rings. The minimum absolute atomic E-state index is 0.455. The van der Waals surface area contributed by atoms with Crippen LogP contribution in [0.15, 0.2) is 12.2 Å². The maximum absolute atomic E-state index is 5.74. The van der Waals surface area contributed by atoms with Gasteiger partial charge in [-0.15, -0.1) is 0 Å². The second-order valence-electron chi connectivity index (χ2n) is 5.29. The molecule has 0 aliphatic carbocycles. The summed E-state index contributed by atoms with van der Waals surface area (Å²) in [7, 11) is 0. The Morgan fingerprint density at radius 3 is 2.17 bits per heavy atom. The van der Waals surface area contributed by atoms with Crippen LogP contribution in [0.1, 0.15) is 85.0 Å². The van der Waals surface area contributed by atoms with Gasteiger partial charge < -0.3 is 4.74 Å². The summed E-state index contributed by atoms with van der Waals surface area (Å²) in [5, 5.41) is 0. The van der Waals surface area contributed by atoms with E-state index in [-0.39, 0.29) is 0 Å². The molecule has 1 atom stereocenters. The Balaban J connectivity index is 3.16. The van der Waals surface area contributed by atoms with Crippen LogP contribution in [0.3, 0.4) is 0 Å². The van der Waals surface area contributed by atoms with Crippen LogP contribution < -0.4 is 0 Å². The first-order valence-corrected chi connectivity index (χ1v) is 8.07. The molecule has 0 saturated carbocycles. The molecule has 1 heteroatoms. The summed E-state index contributed by atoms with van der Waals surface area (Å²) in [6.45, 7) is 7.61. The maximum Gasteiger partial charge on any atom is 0.0547 e. The fourth-order valence-corrected chi connectivity index (χ4v) is 1.94. The molecule has 1 unspecified atom stereocenters. The average Bonchev–Trinajstić information content (AvgIpc) is 2.37. The second-order valence-corrected chi connectivity index (χ2v) is 5.29. The molecule has 0 spiro atoms. The Hall–Kier alpha value is -0.300. The van der Waals surface area contributed by atoms with E-state index in [0.717, 1.165) is 6.61 Å². The van der Waals surface area contributed by atoms with Crippen LogP contribution in [0.4, 0.5) is 0 Å². The third kappa shape index (κ3) is 13.8. The lowest BCUT2D eigenvalue weighted by Gasteiger charge is -2.12. The van der Waals surface area contributed by atoms with Crippen molar-refractivity contribution in [2.24, 2.45) is 0 Å². The lowest BCUT2D eigenvalue weighted by molar-refractivity contribution is 0.0566. The molecule has 0 fully saturated rings. The highest BCUT2D eigenvalue weighted by atomic mass is 16.5. The number of unbranched alkanes of at least 4 members (excludes halogenated alkanes) is 6. The van der Waals surface area contributed by atoms with Gasteiger partial charge in [-0.25, -0.2) is 0 Å². The number of allylic oxidation sites excluding steroid dienone is 2. The maximum atomic E-state index is 5.74. The van der Waals surface area contributed by atoms with E-state index in [9.17, 15) is 0 Å². The first-order chi connectivity index (χ1) is 8.81. The molecule has 0 amide bonds. The quantitative estimate of drug-likeness (QED) is 0.294. The molecule has 0 radical (unpaired) electrons. The van der Waals surface area contributed by atoms with Crippen LogP contribution in [-0.4, -0.2) is 12.7 Å². The normalized spacial score (nSPS) is 13.3. The lowest BCUT2D eigenvalue weighted by atomic mass is 10.1. The zero-order valence-corrected chi connectivity index (χ0v) is 12.9. The van der Waals surface area contributed by atoms with E-state index in [0.29, 0.717) is 6.10 Å². The molecule has 108 valence electrons. The standard InChI is InChI=1S/C17H34O/c1-4-6-8-9-10-11-12-13-14-15-17(3)18-16-7-5-2/h9-10,17H,4-8,11-16H2,1-3H3/b10-9-. The molecule has 0 bridgehead atoms. The summed E-state index contributed by atoms with van der Waals surface area (Å²) in [6.07, 6.45) is 18.0. The van der Waals surface area contributed by atoms with E-state index < -0.39 is 0 Å². The largest absolute Gasteiger partial charge is 0.379 e. The SMILES string of the molecule is CCCC/C=C\CCCCCC(C)OCCCC. The van der Waals surface area contributed by atoms with Crippen molar-refractivity contribution < 1.29 is 4.74 Å². The Kier molecular flexibility index (Phi) is 14.5. The fraction of sp³-hybridized carbons (Fsp3) is 0.882. The van der Waals surface area contributed by atoms with Gasteiger partial charge in [-0.1, -0.05) is 58.1 Å². The molecule has 0 aromatic rings. The smallest absolute Gasteiger partial charge is 0.0547 e. The Morgan fingerprint density at radius 1 is 0.833 bits per heavy atom. The van der Waals surface area contributed by atoms with Crippen molar-refractivity contribution >= 4 is 0 Å².